The molecule has 1 atom stereocenters. The second-order valence-electron chi connectivity index (χ2n) is 5.65. The van der Waals surface area contributed by atoms with E-state index in [-0.39, 0.29) is 29.2 Å². The number of imidazole rings is 1. The minimum Gasteiger partial charge on any atom is -0.351 e. The largest absolute Gasteiger partial charge is 0.351 e. The van der Waals surface area contributed by atoms with E-state index in [1.54, 1.807) is 0 Å². The van der Waals surface area contributed by atoms with E-state index >= 15 is 0 Å². The number of amides is 2. The Kier molecular flexibility index (Phi) is 4.41. The average Bonchev–Trinajstić information content (AvgIpc) is 3.20. The van der Waals surface area contributed by atoms with Crippen molar-refractivity contribution in [2.24, 2.45) is 0 Å². The molecule has 2 aromatic rings. The molecule has 0 saturated heterocycles. The summed E-state index contributed by atoms with van der Waals surface area (Å²) >= 11 is 0. The number of hydrogen-bond donors (Lipinski definition) is 3. The molecule has 6 heteroatoms. The molecule has 3 N–H and O–H groups in total. The van der Waals surface area contributed by atoms with Gasteiger partial charge in [0.1, 0.15) is 5.69 Å². The highest BCUT2D eigenvalue weighted by atomic mass is 16.2. The molecule has 3 rings (SSSR count). The normalized spacial score (nSPS) is 16.0. The van der Waals surface area contributed by atoms with Gasteiger partial charge in [-0.05, 0) is 30.4 Å². The van der Waals surface area contributed by atoms with E-state index in [1.807, 2.05) is 25.1 Å². The summed E-state index contributed by atoms with van der Waals surface area (Å²) < 4.78 is 0. The molecule has 0 bridgehead atoms. The number of benzene rings is 1. The lowest BCUT2D eigenvalue weighted by Gasteiger charge is -2.13. The van der Waals surface area contributed by atoms with Crippen molar-refractivity contribution in [3.05, 3.63) is 53.1 Å². The first-order valence-corrected chi connectivity index (χ1v) is 7.91. The van der Waals surface area contributed by atoms with Crippen LogP contribution in [-0.4, -0.2) is 28.3 Å². The number of aromatic nitrogens is 2. The number of fused-ring (bicyclic) bond motifs is 1. The standard InChI is InChI=1S/C17H20N4O2/c1-2-9-18-16(22)14-15(20-10-19-14)17(23)21-13-8-7-11-5-3-4-6-12(11)13/h3-6,10,13H,2,7-9H2,1H3,(H,18,22)(H,19,20)(H,21,23)/t13-/m1/s1. The van der Waals surface area contributed by atoms with Gasteiger partial charge >= 0.3 is 0 Å². The molecule has 0 unspecified atom stereocenters. The Labute approximate surface area is 134 Å². The quantitative estimate of drug-likeness (QED) is 0.789. The summed E-state index contributed by atoms with van der Waals surface area (Å²) in [6.45, 7) is 2.54. The number of nitrogens with zero attached hydrogens (tertiary/aromatic N) is 1. The maximum atomic E-state index is 12.5. The Morgan fingerprint density at radius 2 is 2.13 bits per heavy atom. The van der Waals surface area contributed by atoms with E-state index in [1.165, 1.54) is 11.9 Å². The monoisotopic (exact) mass is 312 g/mol. The maximum Gasteiger partial charge on any atom is 0.272 e. The number of carbonyl (C=O) groups excluding carboxylic acids is 2. The van der Waals surface area contributed by atoms with Crippen molar-refractivity contribution < 1.29 is 9.59 Å². The van der Waals surface area contributed by atoms with Crippen molar-refractivity contribution in [1.29, 1.82) is 0 Å². The Balaban J connectivity index is 1.73. The van der Waals surface area contributed by atoms with Gasteiger partial charge in [0.15, 0.2) is 5.69 Å². The van der Waals surface area contributed by atoms with Crippen LogP contribution in [0.1, 0.15) is 57.9 Å². The zero-order valence-corrected chi connectivity index (χ0v) is 13.1. The predicted molar refractivity (Wildman–Crippen MR) is 86.2 cm³/mol. The lowest BCUT2D eigenvalue weighted by molar-refractivity contribution is 0.0904. The minimum atomic E-state index is -0.324. The van der Waals surface area contributed by atoms with Crippen LogP contribution in [-0.2, 0) is 6.42 Å². The molecule has 2 amide bonds. The summed E-state index contributed by atoms with van der Waals surface area (Å²) in [5.74, 6) is -0.629. The summed E-state index contributed by atoms with van der Waals surface area (Å²) in [5.41, 5.74) is 2.76. The molecule has 0 saturated carbocycles. The molecule has 23 heavy (non-hydrogen) atoms. The minimum absolute atomic E-state index is 0.0260. The molecule has 0 aliphatic heterocycles. The highest BCUT2D eigenvalue weighted by Crippen LogP contribution is 2.30. The Hall–Kier alpha value is -2.63. The molecule has 1 aliphatic carbocycles. The molecule has 120 valence electrons. The van der Waals surface area contributed by atoms with Crippen LogP contribution in [0.4, 0.5) is 0 Å². The van der Waals surface area contributed by atoms with Crippen LogP contribution in [0.5, 0.6) is 0 Å². The zero-order valence-electron chi connectivity index (χ0n) is 13.1. The zero-order chi connectivity index (χ0) is 16.2. The third-order valence-corrected chi connectivity index (χ3v) is 4.06. The lowest BCUT2D eigenvalue weighted by atomic mass is 10.1. The van der Waals surface area contributed by atoms with Crippen LogP contribution >= 0.6 is 0 Å². The van der Waals surface area contributed by atoms with Crippen molar-refractivity contribution >= 4 is 11.8 Å². The third kappa shape index (κ3) is 3.11. The first-order valence-electron chi connectivity index (χ1n) is 7.91. The van der Waals surface area contributed by atoms with Crippen molar-refractivity contribution in [3.8, 4) is 0 Å². The van der Waals surface area contributed by atoms with Gasteiger partial charge in [0.05, 0.1) is 12.4 Å². The molecular formula is C17H20N4O2. The van der Waals surface area contributed by atoms with Gasteiger partial charge in [-0.15, -0.1) is 0 Å². The number of aryl methyl sites for hydroxylation is 1. The van der Waals surface area contributed by atoms with Gasteiger partial charge in [-0.25, -0.2) is 4.98 Å². The Morgan fingerprint density at radius 3 is 2.96 bits per heavy atom. The first kappa shape index (κ1) is 15.3. The van der Waals surface area contributed by atoms with Crippen LogP contribution in [0.15, 0.2) is 30.6 Å². The molecule has 1 aromatic carbocycles. The van der Waals surface area contributed by atoms with Crippen molar-refractivity contribution in [1.82, 2.24) is 20.6 Å². The van der Waals surface area contributed by atoms with Crippen LogP contribution < -0.4 is 10.6 Å². The molecule has 0 fully saturated rings. The van der Waals surface area contributed by atoms with E-state index in [0.29, 0.717) is 6.54 Å². The van der Waals surface area contributed by atoms with E-state index < -0.39 is 0 Å². The SMILES string of the molecule is CCCNC(=O)c1[nH]cnc1C(=O)N[C@@H]1CCc2ccccc21. The number of aromatic amines is 1. The summed E-state index contributed by atoms with van der Waals surface area (Å²) in [5, 5.41) is 5.74. The second-order valence-corrected chi connectivity index (χ2v) is 5.65. The lowest BCUT2D eigenvalue weighted by Crippen LogP contribution is -2.31. The molecule has 6 nitrogen and oxygen atoms in total. The Bertz CT molecular complexity index is 723. The fraction of sp³-hybridized carbons (Fsp3) is 0.353. The fourth-order valence-corrected chi connectivity index (χ4v) is 2.90. The summed E-state index contributed by atoms with van der Waals surface area (Å²) in [7, 11) is 0. The summed E-state index contributed by atoms with van der Waals surface area (Å²) in [4.78, 5) is 31.3. The van der Waals surface area contributed by atoms with Gasteiger partial charge in [-0.3, -0.25) is 9.59 Å². The second kappa shape index (κ2) is 6.64. The smallest absolute Gasteiger partial charge is 0.272 e. The fourth-order valence-electron chi connectivity index (χ4n) is 2.90. The average molecular weight is 312 g/mol. The van der Waals surface area contributed by atoms with E-state index in [0.717, 1.165) is 24.8 Å². The number of H-pyrrole nitrogens is 1. The molecule has 1 aliphatic rings. The van der Waals surface area contributed by atoms with E-state index in [4.69, 9.17) is 0 Å². The van der Waals surface area contributed by atoms with Crippen molar-refractivity contribution in [2.75, 3.05) is 6.54 Å². The van der Waals surface area contributed by atoms with Crippen LogP contribution in [0.25, 0.3) is 0 Å². The number of nitrogens with one attached hydrogen (secondary N) is 3. The maximum absolute atomic E-state index is 12.5. The Morgan fingerprint density at radius 1 is 1.30 bits per heavy atom. The van der Waals surface area contributed by atoms with Gasteiger partial charge in [0, 0.05) is 6.54 Å². The van der Waals surface area contributed by atoms with Gasteiger partial charge in [0.25, 0.3) is 11.8 Å². The van der Waals surface area contributed by atoms with Gasteiger partial charge in [-0.2, -0.15) is 0 Å². The van der Waals surface area contributed by atoms with Crippen LogP contribution in [0.2, 0.25) is 0 Å². The number of hydrogen-bond acceptors (Lipinski definition) is 3. The van der Waals surface area contributed by atoms with Gasteiger partial charge in [0.2, 0.25) is 0 Å². The molecular weight excluding hydrogens is 292 g/mol. The summed E-state index contributed by atoms with van der Waals surface area (Å²) in [6, 6.07) is 8.07. The van der Waals surface area contributed by atoms with Gasteiger partial charge < -0.3 is 15.6 Å². The molecule has 1 aromatic heterocycles. The summed E-state index contributed by atoms with van der Waals surface area (Å²) in [6.07, 6.45) is 4.02. The van der Waals surface area contributed by atoms with Crippen LogP contribution in [0, 0.1) is 0 Å². The molecule has 0 spiro atoms. The molecule has 0 radical (unpaired) electrons. The van der Waals surface area contributed by atoms with E-state index in [9.17, 15) is 9.59 Å². The van der Waals surface area contributed by atoms with Crippen molar-refractivity contribution in [2.45, 2.75) is 32.2 Å². The number of carbonyl (C=O) groups is 2. The highest BCUT2D eigenvalue weighted by molar-refractivity contribution is 6.04. The van der Waals surface area contributed by atoms with Crippen LogP contribution in [0.3, 0.4) is 0 Å². The topological polar surface area (TPSA) is 86.9 Å². The predicted octanol–water partition coefficient (Wildman–Crippen LogP) is 1.97. The third-order valence-electron chi connectivity index (χ3n) is 4.06. The van der Waals surface area contributed by atoms with Crippen molar-refractivity contribution in [3.63, 3.8) is 0 Å². The number of rotatable bonds is 5. The molecule has 1 heterocycles. The van der Waals surface area contributed by atoms with Gasteiger partial charge in [-0.1, -0.05) is 31.2 Å². The first-order chi connectivity index (χ1) is 11.2. The highest BCUT2D eigenvalue weighted by Gasteiger charge is 2.26. The van der Waals surface area contributed by atoms with E-state index in [2.05, 4.69) is 26.7 Å².